The Labute approximate surface area is 144 Å². The lowest BCUT2D eigenvalue weighted by Gasteiger charge is -2.06. The summed E-state index contributed by atoms with van der Waals surface area (Å²) in [6, 6.07) is 7.92. The number of benzene rings is 1. The number of nitrogens with one attached hydrogen (secondary N) is 2. The topological polar surface area (TPSA) is 109 Å². The smallest absolute Gasteiger partial charge is 0.339 e. The van der Waals surface area contributed by atoms with Crippen molar-refractivity contribution in [3.05, 3.63) is 47.4 Å². The molecule has 0 aliphatic heterocycles. The number of carboxylic acid groups (broad SMARTS) is 1. The van der Waals surface area contributed by atoms with E-state index in [1.807, 2.05) is 0 Å². The molecule has 3 N–H and O–H groups in total. The Morgan fingerprint density at radius 2 is 1.72 bits per heavy atom. The molecule has 2 amide bonds. The fourth-order valence-electron chi connectivity index (χ4n) is 2.40. The second-order valence-corrected chi connectivity index (χ2v) is 5.90. The summed E-state index contributed by atoms with van der Waals surface area (Å²) in [5, 5.41) is 14.6. The van der Waals surface area contributed by atoms with Crippen LogP contribution < -0.4 is 10.6 Å². The Balaban J connectivity index is 1.66. The number of furan rings is 1. The van der Waals surface area contributed by atoms with E-state index in [2.05, 4.69) is 10.6 Å². The lowest BCUT2D eigenvalue weighted by Crippen LogP contribution is -2.13. The van der Waals surface area contributed by atoms with Gasteiger partial charge in [-0.25, -0.2) is 4.79 Å². The predicted octanol–water partition coefficient (Wildman–Crippen LogP) is 3.14. The van der Waals surface area contributed by atoms with Crippen LogP contribution in [-0.4, -0.2) is 22.9 Å². The zero-order chi connectivity index (χ0) is 18.0. The molecule has 1 saturated carbocycles. The fraction of sp³-hybridized carbons (Fsp3) is 0.278. The maximum atomic E-state index is 12.2. The minimum Gasteiger partial charge on any atom is -0.478 e. The number of carbonyl (C=O) groups excluding carboxylic acids is 2. The molecule has 0 bridgehead atoms. The highest BCUT2D eigenvalue weighted by Crippen LogP contribution is 2.30. The first-order chi connectivity index (χ1) is 12.0. The molecule has 7 nitrogen and oxygen atoms in total. The summed E-state index contributed by atoms with van der Waals surface area (Å²) < 4.78 is 5.32. The van der Waals surface area contributed by atoms with E-state index in [9.17, 15) is 14.4 Å². The lowest BCUT2D eigenvalue weighted by atomic mass is 10.2. The molecule has 1 fully saturated rings. The van der Waals surface area contributed by atoms with Gasteiger partial charge in [0.25, 0.3) is 5.91 Å². The first-order valence-corrected chi connectivity index (χ1v) is 8.06. The highest BCUT2D eigenvalue weighted by atomic mass is 16.4. The molecule has 1 aromatic carbocycles. The minimum absolute atomic E-state index is 0.00853. The van der Waals surface area contributed by atoms with Gasteiger partial charge >= 0.3 is 5.97 Å². The minimum atomic E-state index is -1.13. The van der Waals surface area contributed by atoms with Gasteiger partial charge in [-0.2, -0.15) is 0 Å². The molecule has 2 aromatic rings. The molecule has 0 spiro atoms. The molecule has 0 unspecified atom stereocenters. The highest BCUT2D eigenvalue weighted by molar-refractivity contribution is 6.04. The van der Waals surface area contributed by atoms with Crippen LogP contribution in [-0.2, 0) is 11.2 Å². The third-order valence-corrected chi connectivity index (χ3v) is 3.94. The Bertz CT molecular complexity index is 818. The van der Waals surface area contributed by atoms with Crippen molar-refractivity contribution >= 4 is 29.2 Å². The van der Waals surface area contributed by atoms with Gasteiger partial charge in [0.2, 0.25) is 5.91 Å². The zero-order valence-electron chi connectivity index (χ0n) is 13.7. The SMILES string of the molecule is CCc1oc(C(=O)Nc2ccc(NC(=O)C3CC3)cc2)cc1C(=O)O. The van der Waals surface area contributed by atoms with E-state index in [0.717, 1.165) is 12.8 Å². The lowest BCUT2D eigenvalue weighted by molar-refractivity contribution is -0.117. The highest BCUT2D eigenvalue weighted by Gasteiger charge is 2.29. The second-order valence-electron chi connectivity index (χ2n) is 5.90. The van der Waals surface area contributed by atoms with Gasteiger partial charge in [0.05, 0.1) is 0 Å². The summed E-state index contributed by atoms with van der Waals surface area (Å²) >= 11 is 0. The van der Waals surface area contributed by atoms with Crippen LogP contribution in [0.1, 0.15) is 46.4 Å². The van der Waals surface area contributed by atoms with Crippen LogP contribution in [0.5, 0.6) is 0 Å². The number of amides is 2. The van der Waals surface area contributed by atoms with E-state index < -0.39 is 11.9 Å². The number of aromatic carboxylic acids is 1. The quantitative estimate of drug-likeness (QED) is 0.747. The molecule has 0 atom stereocenters. The molecule has 25 heavy (non-hydrogen) atoms. The molecular formula is C18H18N2O5. The van der Waals surface area contributed by atoms with Crippen LogP contribution in [0.2, 0.25) is 0 Å². The van der Waals surface area contributed by atoms with Crippen molar-refractivity contribution in [1.82, 2.24) is 0 Å². The van der Waals surface area contributed by atoms with Crippen molar-refractivity contribution in [2.45, 2.75) is 26.2 Å². The fourth-order valence-corrected chi connectivity index (χ4v) is 2.40. The van der Waals surface area contributed by atoms with Crippen LogP contribution in [0.3, 0.4) is 0 Å². The molecular weight excluding hydrogens is 324 g/mol. The molecule has 3 rings (SSSR count). The van der Waals surface area contributed by atoms with E-state index in [4.69, 9.17) is 9.52 Å². The zero-order valence-corrected chi connectivity index (χ0v) is 13.7. The monoisotopic (exact) mass is 342 g/mol. The maximum absolute atomic E-state index is 12.2. The molecule has 1 aliphatic rings. The summed E-state index contributed by atoms with van der Waals surface area (Å²) in [7, 11) is 0. The van der Waals surface area contributed by atoms with Crippen molar-refractivity contribution in [3.8, 4) is 0 Å². The Hall–Kier alpha value is -3.09. The standard InChI is InChI=1S/C18H18N2O5/c1-2-14-13(18(23)24)9-15(25-14)17(22)20-12-7-5-11(6-8-12)19-16(21)10-3-4-10/h5-10H,2-4H2,1H3,(H,19,21)(H,20,22)(H,23,24). The maximum Gasteiger partial charge on any atom is 0.339 e. The summed E-state index contributed by atoms with van der Waals surface area (Å²) in [5.41, 5.74) is 1.17. The molecule has 1 aliphatic carbocycles. The van der Waals surface area contributed by atoms with E-state index >= 15 is 0 Å². The number of rotatable bonds is 6. The average Bonchev–Trinajstić information content (AvgIpc) is 3.34. The van der Waals surface area contributed by atoms with Gasteiger partial charge in [-0.15, -0.1) is 0 Å². The normalized spacial score (nSPS) is 13.3. The van der Waals surface area contributed by atoms with Gasteiger partial charge in [0, 0.05) is 29.8 Å². The number of anilines is 2. The van der Waals surface area contributed by atoms with Crippen molar-refractivity contribution in [2.75, 3.05) is 10.6 Å². The van der Waals surface area contributed by atoms with Gasteiger partial charge < -0.3 is 20.2 Å². The Morgan fingerprint density at radius 1 is 1.12 bits per heavy atom. The summed E-state index contributed by atoms with van der Waals surface area (Å²) in [4.78, 5) is 35.0. The van der Waals surface area contributed by atoms with Gasteiger partial charge in [-0.1, -0.05) is 6.92 Å². The average molecular weight is 342 g/mol. The molecule has 0 radical (unpaired) electrons. The molecule has 1 heterocycles. The Kier molecular flexibility index (Phi) is 4.56. The predicted molar refractivity (Wildman–Crippen MR) is 90.8 cm³/mol. The third-order valence-electron chi connectivity index (χ3n) is 3.94. The van der Waals surface area contributed by atoms with Crippen molar-refractivity contribution in [3.63, 3.8) is 0 Å². The molecule has 130 valence electrons. The van der Waals surface area contributed by atoms with Crippen LogP contribution in [0.4, 0.5) is 11.4 Å². The number of hydrogen-bond donors (Lipinski definition) is 3. The van der Waals surface area contributed by atoms with Crippen LogP contribution in [0, 0.1) is 5.92 Å². The summed E-state index contributed by atoms with van der Waals surface area (Å²) in [6.45, 7) is 1.75. The largest absolute Gasteiger partial charge is 0.478 e. The number of carbonyl (C=O) groups is 3. The van der Waals surface area contributed by atoms with Crippen LogP contribution in [0.25, 0.3) is 0 Å². The number of carboxylic acids is 1. The summed E-state index contributed by atoms with van der Waals surface area (Å²) in [5.74, 6) is -1.32. The van der Waals surface area contributed by atoms with E-state index in [0.29, 0.717) is 17.8 Å². The number of aryl methyl sites for hydroxylation is 1. The van der Waals surface area contributed by atoms with Crippen LogP contribution >= 0.6 is 0 Å². The van der Waals surface area contributed by atoms with Crippen molar-refractivity contribution in [2.24, 2.45) is 5.92 Å². The van der Waals surface area contributed by atoms with Gasteiger partial charge in [0.1, 0.15) is 11.3 Å². The van der Waals surface area contributed by atoms with Crippen molar-refractivity contribution < 1.29 is 23.9 Å². The molecule has 0 saturated heterocycles. The third kappa shape index (κ3) is 3.88. The number of hydrogen-bond acceptors (Lipinski definition) is 4. The summed E-state index contributed by atoms with van der Waals surface area (Å²) in [6.07, 6.45) is 2.24. The molecule has 1 aromatic heterocycles. The van der Waals surface area contributed by atoms with Gasteiger partial charge in [-0.05, 0) is 37.1 Å². The first-order valence-electron chi connectivity index (χ1n) is 8.06. The Morgan fingerprint density at radius 3 is 2.20 bits per heavy atom. The van der Waals surface area contributed by atoms with Crippen LogP contribution in [0.15, 0.2) is 34.7 Å². The van der Waals surface area contributed by atoms with E-state index in [1.165, 1.54) is 6.07 Å². The first kappa shape index (κ1) is 16.8. The second kappa shape index (κ2) is 6.80. The van der Waals surface area contributed by atoms with E-state index in [-0.39, 0.29) is 28.9 Å². The van der Waals surface area contributed by atoms with E-state index in [1.54, 1.807) is 31.2 Å². The van der Waals surface area contributed by atoms with Crippen molar-refractivity contribution in [1.29, 1.82) is 0 Å². The molecule has 7 heteroatoms. The van der Waals surface area contributed by atoms with Gasteiger partial charge in [0.15, 0.2) is 5.76 Å². The van der Waals surface area contributed by atoms with Gasteiger partial charge in [-0.3, -0.25) is 9.59 Å².